The SMILES string of the molecule is CS(=O)(=O)N1CC(c2ncn[nH]2)c2cc(C(=O)NCc3ccc(F)cc3)ccc21. The van der Waals surface area contributed by atoms with Gasteiger partial charge in [0.05, 0.1) is 17.9 Å². The van der Waals surface area contributed by atoms with E-state index in [9.17, 15) is 17.6 Å². The van der Waals surface area contributed by atoms with E-state index in [-0.39, 0.29) is 30.7 Å². The van der Waals surface area contributed by atoms with Crippen LogP contribution in [0.4, 0.5) is 10.1 Å². The van der Waals surface area contributed by atoms with Crippen molar-refractivity contribution in [2.75, 3.05) is 17.1 Å². The molecule has 0 bridgehead atoms. The normalized spacial score (nSPS) is 15.9. The molecule has 0 spiro atoms. The van der Waals surface area contributed by atoms with Crippen molar-refractivity contribution in [1.82, 2.24) is 20.5 Å². The lowest BCUT2D eigenvalue weighted by Crippen LogP contribution is -2.29. The minimum Gasteiger partial charge on any atom is -0.348 e. The lowest BCUT2D eigenvalue weighted by molar-refractivity contribution is 0.0951. The van der Waals surface area contributed by atoms with Crippen LogP contribution in [0.5, 0.6) is 0 Å². The van der Waals surface area contributed by atoms with E-state index in [2.05, 4.69) is 20.5 Å². The van der Waals surface area contributed by atoms with Crippen LogP contribution in [0.3, 0.4) is 0 Å². The van der Waals surface area contributed by atoms with Crippen LogP contribution in [0, 0.1) is 5.82 Å². The van der Waals surface area contributed by atoms with Gasteiger partial charge in [-0.2, -0.15) is 5.10 Å². The Morgan fingerprint density at radius 1 is 1.28 bits per heavy atom. The number of carbonyl (C=O) groups is 1. The fourth-order valence-electron chi connectivity index (χ4n) is 3.38. The highest BCUT2D eigenvalue weighted by molar-refractivity contribution is 7.92. The summed E-state index contributed by atoms with van der Waals surface area (Å²) < 4.78 is 38.7. The van der Waals surface area contributed by atoms with Crippen molar-refractivity contribution in [2.45, 2.75) is 12.5 Å². The molecule has 2 N–H and O–H groups in total. The maximum Gasteiger partial charge on any atom is 0.251 e. The number of halogens is 1. The fraction of sp³-hybridized carbons (Fsp3) is 0.211. The number of aromatic nitrogens is 3. The number of aromatic amines is 1. The molecule has 1 unspecified atom stereocenters. The number of sulfonamides is 1. The highest BCUT2D eigenvalue weighted by Crippen LogP contribution is 2.40. The Morgan fingerprint density at radius 3 is 2.69 bits per heavy atom. The lowest BCUT2D eigenvalue weighted by atomic mass is 9.98. The van der Waals surface area contributed by atoms with Crippen molar-refractivity contribution in [3.63, 3.8) is 0 Å². The first-order valence-corrected chi connectivity index (χ1v) is 10.7. The van der Waals surface area contributed by atoms with E-state index in [1.807, 2.05) is 0 Å². The molecule has 1 atom stereocenters. The molecule has 0 saturated heterocycles. The molecular weight excluding hydrogens is 397 g/mol. The number of benzene rings is 2. The predicted molar refractivity (Wildman–Crippen MR) is 104 cm³/mol. The smallest absolute Gasteiger partial charge is 0.251 e. The first-order chi connectivity index (χ1) is 13.8. The van der Waals surface area contributed by atoms with Crippen LogP contribution in [0.15, 0.2) is 48.8 Å². The number of anilines is 1. The van der Waals surface area contributed by atoms with Crippen LogP contribution < -0.4 is 9.62 Å². The number of carbonyl (C=O) groups excluding carboxylic acids is 1. The molecule has 1 aliphatic rings. The van der Waals surface area contributed by atoms with Crippen molar-refractivity contribution in [3.8, 4) is 0 Å². The minimum atomic E-state index is -3.48. The molecule has 4 rings (SSSR count). The molecule has 2 aromatic carbocycles. The van der Waals surface area contributed by atoms with Gasteiger partial charge in [-0.1, -0.05) is 12.1 Å². The second-order valence-corrected chi connectivity index (χ2v) is 8.71. The summed E-state index contributed by atoms with van der Waals surface area (Å²) in [6, 6.07) is 10.7. The highest BCUT2D eigenvalue weighted by Gasteiger charge is 2.36. The zero-order valence-electron chi connectivity index (χ0n) is 15.5. The van der Waals surface area contributed by atoms with Gasteiger partial charge >= 0.3 is 0 Å². The molecule has 2 heterocycles. The molecule has 150 valence electrons. The van der Waals surface area contributed by atoms with E-state index in [4.69, 9.17) is 0 Å². The highest BCUT2D eigenvalue weighted by atomic mass is 32.2. The molecule has 1 aliphatic heterocycles. The van der Waals surface area contributed by atoms with Crippen molar-refractivity contribution >= 4 is 21.6 Å². The second-order valence-electron chi connectivity index (χ2n) is 6.80. The Bertz CT molecular complexity index is 1150. The summed E-state index contributed by atoms with van der Waals surface area (Å²) in [4.78, 5) is 16.8. The lowest BCUT2D eigenvalue weighted by Gasteiger charge is -2.16. The van der Waals surface area contributed by atoms with Crippen LogP contribution in [0.25, 0.3) is 0 Å². The van der Waals surface area contributed by atoms with Gasteiger partial charge < -0.3 is 5.32 Å². The summed E-state index contributed by atoms with van der Waals surface area (Å²) in [5.74, 6) is -0.479. The van der Waals surface area contributed by atoms with Crippen molar-refractivity contribution < 1.29 is 17.6 Å². The number of rotatable bonds is 5. The summed E-state index contributed by atoms with van der Waals surface area (Å²) in [5.41, 5.74) is 2.36. The summed E-state index contributed by atoms with van der Waals surface area (Å²) in [7, 11) is -3.48. The maximum atomic E-state index is 13.0. The molecule has 0 radical (unpaired) electrons. The monoisotopic (exact) mass is 415 g/mol. The van der Waals surface area contributed by atoms with Crippen molar-refractivity contribution in [3.05, 3.63) is 77.1 Å². The molecule has 0 saturated carbocycles. The molecule has 8 nitrogen and oxygen atoms in total. The fourth-order valence-corrected chi connectivity index (χ4v) is 4.33. The number of nitrogens with one attached hydrogen (secondary N) is 2. The number of fused-ring (bicyclic) bond motifs is 1. The van der Waals surface area contributed by atoms with Gasteiger partial charge in [0.2, 0.25) is 10.0 Å². The first-order valence-electron chi connectivity index (χ1n) is 8.82. The van der Waals surface area contributed by atoms with Gasteiger partial charge in [-0.3, -0.25) is 14.2 Å². The number of hydrogen-bond acceptors (Lipinski definition) is 5. The van der Waals surface area contributed by atoms with Gasteiger partial charge in [-0.25, -0.2) is 17.8 Å². The van der Waals surface area contributed by atoms with Crippen LogP contribution in [-0.2, 0) is 16.6 Å². The van der Waals surface area contributed by atoms with Gasteiger partial charge in [0.15, 0.2) is 0 Å². The zero-order valence-corrected chi connectivity index (χ0v) is 16.3. The Balaban J connectivity index is 1.61. The van der Waals surface area contributed by atoms with E-state index in [0.29, 0.717) is 22.6 Å². The quantitative estimate of drug-likeness (QED) is 0.661. The molecule has 0 fully saturated rings. The Hall–Kier alpha value is -3.27. The summed E-state index contributed by atoms with van der Waals surface area (Å²) in [5, 5.41) is 9.41. The third-order valence-corrected chi connectivity index (χ3v) is 5.96. The van der Waals surface area contributed by atoms with E-state index in [1.54, 1.807) is 30.3 Å². The third kappa shape index (κ3) is 3.83. The van der Waals surface area contributed by atoms with E-state index in [1.165, 1.54) is 22.8 Å². The average Bonchev–Trinajstić information content (AvgIpc) is 3.34. The first kappa shape index (κ1) is 19.1. The largest absolute Gasteiger partial charge is 0.348 e. The van der Waals surface area contributed by atoms with Crippen LogP contribution in [-0.4, -0.2) is 42.3 Å². The molecule has 0 aliphatic carbocycles. The Morgan fingerprint density at radius 2 is 2.03 bits per heavy atom. The summed E-state index contributed by atoms with van der Waals surface area (Å²) in [6.45, 7) is 0.432. The number of hydrogen-bond donors (Lipinski definition) is 2. The molecule has 10 heteroatoms. The summed E-state index contributed by atoms with van der Waals surface area (Å²) in [6.07, 6.45) is 2.50. The van der Waals surface area contributed by atoms with E-state index >= 15 is 0 Å². The zero-order chi connectivity index (χ0) is 20.6. The van der Waals surface area contributed by atoms with E-state index in [0.717, 1.165) is 11.8 Å². The van der Waals surface area contributed by atoms with Gasteiger partial charge in [0.25, 0.3) is 5.91 Å². The van der Waals surface area contributed by atoms with Gasteiger partial charge in [0.1, 0.15) is 18.0 Å². The summed E-state index contributed by atoms with van der Waals surface area (Å²) >= 11 is 0. The van der Waals surface area contributed by atoms with Crippen LogP contribution in [0.2, 0.25) is 0 Å². The number of H-pyrrole nitrogens is 1. The van der Waals surface area contributed by atoms with Crippen molar-refractivity contribution in [1.29, 1.82) is 0 Å². The van der Waals surface area contributed by atoms with Crippen LogP contribution in [0.1, 0.15) is 33.2 Å². The molecular formula is C19H18FN5O3S. The Labute approximate surface area is 166 Å². The molecule has 1 amide bonds. The van der Waals surface area contributed by atoms with Crippen molar-refractivity contribution in [2.24, 2.45) is 0 Å². The molecule has 29 heavy (non-hydrogen) atoms. The molecule has 1 aromatic heterocycles. The minimum absolute atomic E-state index is 0.185. The maximum absolute atomic E-state index is 13.0. The Kier molecular flexibility index (Phi) is 4.79. The predicted octanol–water partition coefficient (Wildman–Crippen LogP) is 1.79. The van der Waals surface area contributed by atoms with Gasteiger partial charge in [0, 0.05) is 18.7 Å². The third-order valence-electron chi connectivity index (χ3n) is 4.81. The second kappa shape index (κ2) is 7.28. The number of amides is 1. The van der Waals surface area contributed by atoms with Gasteiger partial charge in [-0.15, -0.1) is 0 Å². The topological polar surface area (TPSA) is 108 Å². The average molecular weight is 415 g/mol. The van der Waals surface area contributed by atoms with Crippen LogP contribution >= 0.6 is 0 Å². The van der Waals surface area contributed by atoms with Gasteiger partial charge in [-0.05, 0) is 41.5 Å². The standard InChI is InChI=1S/C19H18FN5O3S/c1-29(27,28)25-10-16(18-22-11-23-24-18)15-8-13(4-7-17(15)25)19(26)21-9-12-2-5-14(20)6-3-12/h2-8,11,16H,9-10H2,1H3,(H,21,26)(H,22,23,24). The van der Waals surface area contributed by atoms with E-state index < -0.39 is 10.0 Å². The number of nitrogens with zero attached hydrogens (tertiary/aromatic N) is 3. The molecule has 3 aromatic rings.